The molecule has 0 atom stereocenters. The molecule has 10 nitrogen and oxygen atoms in total. The first kappa shape index (κ1) is 21.5. The highest BCUT2D eigenvalue weighted by Gasteiger charge is 2.20. The molecule has 1 aromatic heterocycles. The molecular formula is C20H26N6O4S. The van der Waals surface area contributed by atoms with Gasteiger partial charge < -0.3 is 20.3 Å². The fraction of sp³-hybridized carbons (Fsp3) is 0.450. The molecule has 0 aliphatic carbocycles. The van der Waals surface area contributed by atoms with Gasteiger partial charge in [-0.25, -0.2) is 18.1 Å². The van der Waals surface area contributed by atoms with Crippen molar-refractivity contribution in [3.05, 3.63) is 35.5 Å². The summed E-state index contributed by atoms with van der Waals surface area (Å²) >= 11 is 0. The second-order valence-electron chi connectivity index (χ2n) is 7.48. The van der Waals surface area contributed by atoms with Gasteiger partial charge in [-0.3, -0.25) is 4.79 Å². The number of morpholine rings is 1. The zero-order valence-corrected chi connectivity index (χ0v) is 18.2. The van der Waals surface area contributed by atoms with E-state index in [1.54, 1.807) is 12.1 Å². The molecule has 3 N–H and O–H groups in total. The van der Waals surface area contributed by atoms with Crippen molar-refractivity contribution in [3.63, 3.8) is 0 Å². The molecular weight excluding hydrogens is 420 g/mol. The van der Waals surface area contributed by atoms with Gasteiger partial charge in [0.25, 0.3) is 0 Å². The summed E-state index contributed by atoms with van der Waals surface area (Å²) in [7, 11) is -3.66. The lowest BCUT2D eigenvalue weighted by atomic mass is 10.0. The van der Waals surface area contributed by atoms with Crippen LogP contribution in [-0.4, -0.2) is 63.7 Å². The van der Waals surface area contributed by atoms with Crippen LogP contribution in [-0.2, 0) is 26.0 Å². The van der Waals surface area contributed by atoms with Crippen LogP contribution in [0.3, 0.4) is 0 Å². The van der Waals surface area contributed by atoms with Crippen molar-refractivity contribution in [2.45, 2.75) is 24.7 Å². The van der Waals surface area contributed by atoms with Crippen molar-refractivity contribution in [1.29, 1.82) is 0 Å². The van der Waals surface area contributed by atoms with Crippen molar-refractivity contribution in [1.82, 2.24) is 14.7 Å². The number of sulfonamides is 1. The highest BCUT2D eigenvalue weighted by molar-refractivity contribution is 7.89. The van der Waals surface area contributed by atoms with Crippen LogP contribution < -0.4 is 20.3 Å². The predicted molar refractivity (Wildman–Crippen MR) is 117 cm³/mol. The third-order valence-electron chi connectivity index (χ3n) is 5.16. The summed E-state index contributed by atoms with van der Waals surface area (Å²) in [6, 6.07) is 6.67. The van der Waals surface area contributed by atoms with Crippen LogP contribution in [0.25, 0.3) is 0 Å². The van der Waals surface area contributed by atoms with Crippen LogP contribution in [0, 0.1) is 6.92 Å². The minimum Gasteiger partial charge on any atom is -0.378 e. The van der Waals surface area contributed by atoms with Gasteiger partial charge in [0.1, 0.15) is 5.82 Å². The number of fused-ring (bicyclic) bond motifs is 1. The van der Waals surface area contributed by atoms with Crippen LogP contribution in [0.1, 0.15) is 17.7 Å². The van der Waals surface area contributed by atoms with Gasteiger partial charge in [0.2, 0.25) is 21.9 Å². The molecule has 1 amide bonds. The first-order chi connectivity index (χ1) is 14.9. The van der Waals surface area contributed by atoms with E-state index >= 15 is 0 Å². The first-order valence-electron chi connectivity index (χ1n) is 10.3. The Morgan fingerprint density at radius 3 is 2.74 bits per heavy atom. The van der Waals surface area contributed by atoms with Crippen molar-refractivity contribution in [2.75, 3.05) is 54.9 Å². The van der Waals surface area contributed by atoms with E-state index in [4.69, 9.17) is 4.74 Å². The number of benzene rings is 1. The minimum absolute atomic E-state index is 0.0533. The van der Waals surface area contributed by atoms with E-state index in [9.17, 15) is 13.2 Å². The molecule has 3 heterocycles. The second-order valence-corrected chi connectivity index (χ2v) is 9.25. The molecule has 0 spiro atoms. The zero-order chi connectivity index (χ0) is 21.8. The SMILES string of the molecule is Cc1cc(N2CCOCC2)nc(NCCNS(=O)(=O)c2ccc3c(c2)CCC(=O)N3)n1. The standard InChI is InChI=1S/C20H26N6O4S/c1-14-12-18(26-8-10-30-11-9-26)25-20(23-14)21-6-7-22-31(28,29)16-3-4-17-15(13-16)2-5-19(27)24-17/h3-4,12-13,22H,2,5-11H2,1H3,(H,24,27)(H,21,23,25). The lowest BCUT2D eigenvalue weighted by molar-refractivity contribution is -0.116. The van der Waals surface area contributed by atoms with E-state index in [1.807, 2.05) is 13.0 Å². The number of rotatable bonds is 7. The smallest absolute Gasteiger partial charge is 0.240 e. The number of aryl methyl sites for hydroxylation is 2. The second kappa shape index (κ2) is 9.16. The molecule has 0 radical (unpaired) electrons. The number of carbonyl (C=O) groups excluding carboxylic acids is 1. The number of carbonyl (C=O) groups is 1. The van der Waals surface area contributed by atoms with Crippen LogP contribution in [0.2, 0.25) is 0 Å². The Morgan fingerprint density at radius 2 is 1.94 bits per heavy atom. The quantitative estimate of drug-likeness (QED) is 0.536. The molecule has 1 saturated heterocycles. The zero-order valence-electron chi connectivity index (χ0n) is 17.3. The monoisotopic (exact) mass is 446 g/mol. The summed E-state index contributed by atoms with van der Waals surface area (Å²) in [6.07, 6.45) is 0.888. The predicted octanol–water partition coefficient (Wildman–Crippen LogP) is 0.897. The number of amides is 1. The normalized spacial score (nSPS) is 16.5. The van der Waals surface area contributed by atoms with Gasteiger partial charge in [0.05, 0.1) is 18.1 Å². The van der Waals surface area contributed by atoms with Crippen LogP contribution in [0.15, 0.2) is 29.2 Å². The lowest BCUT2D eigenvalue weighted by Gasteiger charge is -2.28. The van der Waals surface area contributed by atoms with E-state index in [2.05, 4.69) is 30.2 Å². The summed E-state index contributed by atoms with van der Waals surface area (Å²) < 4.78 is 33.2. The van der Waals surface area contributed by atoms with E-state index < -0.39 is 10.0 Å². The van der Waals surface area contributed by atoms with Gasteiger partial charge >= 0.3 is 0 Å². The Balaban J connectivity index is 1.34. The van der Waals surface area contributed by atoms with Gasteiger partial charge in [-0.1, -0.05) is 0 Å². The Hall–Kier alpha value is -2.76. The largest absolute Gasteiger partial charge is 0.378 e. The Bertz CT molecular complexity index is 1070. The van der Waals surface area contributed by atoms with Gasteiger partial charge in [-0.15, -0.1) is 0 Å². The summed E-state index contributed by atoms with van der Waals surface area (Å²) in [6.45, 7) is 5.32. The minimum atomic E-state index is -3.66. The molecule has 2 aliphatic rings. The van der Waals surface area contributed by atoms with Crippen molar-refractivity contribution < 1.29 is 17.9 Å². The maximum absolute atomic E-state index is 12.6. The number of nitrogens with zero attached hydrogens (tertiary/aromatic N) is 3. The number of nitrogens with one attached hydrogen (secondary N) is 3. The molecule has 2 aromatic rings. The van der Waals surface area contributed by atoms with Crippen LogP contribution >= 0.6 is 0 Å². The fourth-order valence-electron chi connectivity index (χ4n) is 3.56. The molecule has 1 aromatic carbocycles. The number of ether oxygens (including phenoxy) is 1. The number of anilines is 3. The van der Waals surface area contributed by atoms with Crippen molar-refractivity contribution >= 4 is 33.4 Å². The molecule has 1 fully saturated rings. The molecule has 4 rings (SSSR count). The van der Waals surface area contributed by atoms with Crippen LogP contribution in [0.4, 0.5) is 17.5 Å². The Kier molecular flexibility index (Phi) is 6.35. The molecule has 11 heteroatoms. The molecule has 0 saturated carbocycles. The van der Waals surface area contributed by atoms with E-state index in [1.165, 1.54) is 6.07 Å². The van der Waals surface area contributed by atoms with Gasteiger partial charge in [0.15, 0.2) is 0 Å². The van der Waals surface area contributed by atoms with Gasteiger partial charge in [-0.2, -0.15) is 4.98 Å². The maximum atomic E-state index is 12.6. The third kappa shape index (κ3) is 5.30. The lowest BCUT2D eigenvalue weighted by Crippen LogP contribution is -2.37. The highest BCUT2D eigenvalue weighted by atomic mass is 32.2. The van der Waals surface area contributed by atoms with Crippen molar-refractivity contribution in [3.8, 4) is 0 Å². The van der Waals surface area contributed by atoms with Crippen LogP contribution in [0.5, 0.6) is 0 Å². The first-order valence-corrected chi connectivity index (χ1v) is 11.7. The summed E-state index contributed by atoms with van der Waals surface area (Å²) in [5.41, 5.74) is 2.33. The summed E-state index contributed by atoms with van der Waals surface area (Å²) in [4.78, 5) is 22.7. The van der Waals surface area contributed by atoms with Crippen molar-refractivity contribution in [2.24, 2.45) is 0 Å². The topological polar surface area (TPSA) is 126 Å². The highest BCUT2D eigenvalue weighted by Crippen LogP contribution is 2.25. The fourth-order valence-corrected chi connectivity index (χ4v) is 4.64. The Labute approximate surface area is 181 Å². The van der Waals surface area contributed by atoms with E-state index in [0.717, 1.165) is 30.2 Å². The van der Waals surface area contributed by atoms with Gasteiger partial charge in [-0.05, 0) is 37.1 Å². The molecule has 0 unspecified atom stereocenters. The average molecular weight is 447 g/mol. The number of hydrogen-bond acceptors (Lipinski definition) is 8. The molecule has 2 aliphatic heterocycles. The molecule has 166 valence electrons. The number of aromatic nitrogens is 2. The van der Waals surface area contributed by atoms with E-state index in [0.29, 0.717) is 44.2 Å². The number of hydrogen-bond donors (Lipinski definition) is 3. The Morgan fingerprint density at radius 1 is 1.13 bits per heavy atom. The third-order valence-corrected chi connectivity index (χ3v) is 6.62. The summed E-state index contributed by atoms with van der Waals surface area (Å²) in [5, 5.41) is 5.84. The molecule has 0 bridgehead atoms. The average Bonchev–Trinajstić information content (AvgIpc) is 2.76. The summed E-state index contributed by atoms with van der Waals surface area (Å²) in [5.74, 6) is 1.24. The maximum Gasteiger partial charge on any atom is 0.240 e. The molecule has 31 heavy (non-hydrogen) atoms. The van der Waals surface area contributed by atoms with Gasteiger partial charge in [0, 0.05) is 50.0 Å². The van der Waals surface area contributed by atoms with E-state index in [-0.39, 0.29) is 17.3 Å².